The molecule has 0 bridgehead atoms. The molecular formula is C17H12F4. The minimum Gasteiger partial charge on any atom is -0.206 e. The second-order valence-electron chi connectivity index (χ2n) is 4.40. The first-order valence-corrected chi connectivity index (χ1v) is 6.21. The summed E-state index contributed by atoms with van der Waals surface area (Å²) in [6, 6.07) is 5.77. The molecule has 0 saturated carbocycles. The lowest BCUT2D eigenvalue weighted by Crippen LogP contribution is -1.94. The van der Waals surface area contributed by atoms with Crippen LogP contribution < -0.4 is 0 Å². The van der Waals surface area contributed by atoms with Crippen LogP contribution in [0.25, 0.3) is 16.7 Å². The molecule has 0 radical (unpaired) electrons. The quantitative estimate of drug-likeness (QED) is 0.398. The molecule has 0 aliphatic heterocycles. The van der Waals surface area contributed by atoms with E-state index in [1.54, 1.807) is 25.1 Å². The van der Waals surface area contributed by atoms with Crippen LogP contribution in [-0.2, 0) is 0 Å². The maximum Gasteiger partial charge on any atom is 0.194 e. The summed E-state index contributed by atoms with van der Waals surface area (Å²) in [6.07, 6.45) is 3.34. The van der Waals surface area contributed by atoms with Crippen molar-refractivity contribution >= 4 is 5.57 Å². The molecule has 0 atom stereocenters. The first kappa shape index (κ1) is 15.0. The summed E-state index contributed by atoms with van der Waals surface area (Å²) in [4.78, 5) is 0. The van der Waals surface area contributed by atoms with Crippen LogP contribution in [0, 0.1) is 23.3 Å². The lowest BCUT2D eigenvalue weighted by molar-refractivity contribution is 0.447. The van der Waals surface area contributed by atoms with Crippen molar-refractivity contribution in [3.05, 3.63) is 77.9 Å². The summed E-state index contributed by atoms with van der Waals surface area (Å²) in [5.74, 6) is -4.93. The van der Waals surface area contributed by atoms with Crippen molar-refractivity contribution in [3.8, 4) is 11.1 Å². The number of hydrogen-bond acceptors (Lipinski definition) is 0. The van der Waals surface area contributed by atoms with Gasteiger partial charge in [-0.2, -0.15) is 0 Å². The highest BCUT2D eigenvalue weighted by Gasteiger charge is 2.14. The number of hydrogen-bond donors (Lipinski definition) is 0. The fourth-order valence-electron chi connectivity index (χ4n) is 2.04. The number of allylic oxidation sites excluding steroid dienone is 3. The van der Waals surface area contributed by atoms with Gasteiger partial charge in [-0.05, 0) is 41.8 Å². The van der Waals surface area contributed by atoms with E-state index in [1.807, 2.05) is 0 Å². The molecule has 0 spiro atoms. The van der Waals surface area contributed by atoms with Gasteiger partial charge in [0.05, 0.1) is 0 Å². The zero-order chi connectivity index (χ0) is 15.6. The summed E-state index contributed by atoms with van der Waals surface area (Å²) in [7, 11) is 0. The van der Waals surface area contributed by atoms with Gasteiger partial charge in [0.1, 0.15) is 5.82 Å². The minimum atomic E-state index is -1.57. The Morgan fingerprint density at radius 1 is 0.952 bits per heavy atom. The lowest BCUT2D eigenvalue weighted by atomic mass is 9.99. The maximum atomic E-state index is 14.1. The predicted octanol–water partition coefficient (Wildman–Crippen LogP) is 5.50. The third kappa shape index (κ3) is 2.89. The van der Waals surface area contributed by atoms with Gasteiger partial charge < -0.3 is 0 Å². The highest BCUT2D eigenvalue weighted by atomic mass is 19.2. The third-order valence-corrected chi connectivity index (χ3v) is 3.13. The molecule has 0 saturated heterocycles. The van der Waals surface area contributed by atoms with Crippen LogP contribution in [0.2, 0.25) is 0 Å². The highest BCUT2D eigenvalue weighted by molar-refractivity contribution is 5.75. The van der Waals surface area contributed by atoms with Crippen LogP contribution in [0.15, 0.2) is 49.1 Å². The summed E-state index contributed by atoms with van der Waals surface area (Å²) in [5, 5.41) is 0. The summed E-state index contributed by atoms with van der Waals surface area (Å²) < 4.78 is 53.5. The second kappa shape index (κ2) is 5.95. The number of halogens is 4. The molecule has 0 heterocycles. The van der Waals surface area contributed by atoms with Crippen molar-refractivity contribution in [3.63, 3.8) is 0 Å². The van der Waals surface area contributed by atoms with Crippen molar-refractivity contribution < 1.29 is 17.6 Å². The molecule has 21 heavy (non-hydrogen) atoms. The average Bonchev–Trinajstić information content (AvgIpc) is 2.46. The molecule has 0 nitrogen and oxygen atoms in total. The van der Waals surface area contributed by atoms with Crippen molar-refractivity contribution in [1.82, 2.24) is 0 Å². The summed E-state index contributed by atoms with van der Waals surface area (Å²) in [5.41, 5.74) is 1.26. The van der Waals surface area contributed by atoms with Crippen LogP contribution >= 0.6 is 0 Å². The summed E-state index contributed by atoms with van der Waals surface area (Å²) in [6.45, 7) is 5.41. The van der Waals surface area contributed by atoms with Gasteiger partial charge in [0, 0.05) is 5.56 Å². The molecule has 0 aliphatic rings. The van der Waals surface area contributed by atoms with Crippen LogP contribution in [-0.4, -0.2) is 0 Å². The monoisotopic (exact) mass is 292 g/mol. The van der Waals surface area contributed by atoms with Gasteiger partial charge in [-0.15, -0.1) is 0 Å². The molecule has 0 unspecified atom stereocenters. The second-order valence-corrected chi connectivity index (χ2v) is 4.40. The van der Waals surface area contributed by atoms with Gasteiger partial charge in [0.15, 0.2) is 17.5 Å². The molecule has 0 N–H and O–H groups in total. The van der Waals surface area contributed by atoms with Crippen LogP contribution in [0.1, 0.15) is 12.5 Å². The molecule has 0 fully saturated rings. The van der Waals surface area contributed by atoms with Gasteiger partial charge in [-0.3, -0.25) is 0 Å². The summed E-state index contributed by atoms with van der Waals surface area (Å²) >= 11 is 0. The van der Waals surface area contributed by atoms with Crippen molar-refractivity contribution in [2.75, 3.05) is 0 Å². The first-order chi connectivity index (χ1) is 9.97. The van der Waals surface area contributed by atoms with E-state index in [9.17, 15) is 17.6 Å². The number of rotatable bonds is 3. The highest BCUT2D eigenvalue weighted by Crippen LogP contribution is 2.28. The van der Waals surface area contributed by atoms with Crippen LogP contribution in [0.4, 0.5) is 17.6 Å². The molecule has 108 valence electrons. The van der Waals surface area contributed by atoms with E-state index in [-0.39, 0.29) is 11.1 Å². The molecular weight excluding hydrogens is 280 g/mol. The first-order valence-electron chi connectivity index (χ1n) is 6.21. The zero-order valence-electron chi connectivity index (χ0n) is 11.3. The van der Waals surface area contributed by atoms with Gasteiger partial charge in [-0.25, -0.2) is 17.6 Å². The fourth-order valence-corrected chi connectivity index (χ4v) is 2.04. The Morgan fingerprint density at radius 3 is 2.05 bits per heavy atom. The predicted molar refractivity (Wildman–Crippen MR) is 75.6 cm³/mol. The Kier molecular flexibility index (Phi) is 4.26. The van der Waals surface area contributed by atoms with E-state index in [1.165, 1.54) is 12.1 Å². The Bertz CT molecular complexity index is 707. The largest absolute Gasteiger partial charge is 0.206 e. The van der Waals surface area contributed by atoms with E-state index >= 15 is 0 Å². The molecule has 2 rings (SSSR count). The van der Waals surface area contributed by atoms with Crippen LogP contribution in [0.3, 0.4) is 0 Å². The smallest absolute Gasteiger partial charge is 0.194 e. The topological polar surface area (TPSA) is 0 Å². The van der Waals surface area contributed by atoms with Crippen molar-refractivity contribution in [1.29, 1.82) is 0 Å². The standard InChI is InChI=1S/C17H12F4/c1-3-10(4-2)11-5-6-13(14(18)7-11)12-8-15(19)17(21)16(20)9-12/h3-9H,1H2,2H3/b10-4+. The average molecular weight is 292 g/mol. The zero-order valence-corrected chi connectivity index (χ0v) is 11.3. The molecule has 0 aliphatic carbocycles. The minimum absolute atomic E-state index is 0.00364. The van der Waals surface area contributed by atoms with E-state index < -0.39 is 23.3 Å². The Labute approximate surface area is 120 Å². The third-order valence-electron chi connectivity index (χ3n) is 3.13. The Hall–Kier alpha value is -2.36. The SMILES string of the molecule is C=C/C(=C\C)c1ccc(-c2cc(F)c(F)c(F)c2)c(F)c1. The van der Waals surface area contributed by atoms with Crippen molar-refractivity contribution in [2.24, 2.45) is 0 Å². The normalized spacial score (nSPS) is 11.6. The lowest BCUT2D eigenvalue weighted by Gasteiger charge is -2.08. The molecule has 2 aromatic rings. The maximum absolute atomic E-state index is 14.1. The van der Waals surface area contributed by atoms with Crippen molar-refractivity contribution in [2.45, 2.75) is 6.92 Å². The van der Waals surface area contributed by atoms with Gasteiger partial charge in [-0.1, -0.05) is 30.9 Å². The number of benzene rings is 2. The Balaban J connectivity index is 2.54. The van der Waals surface area contributed by atoms with Gasteiger partial charge >= 0.3 is 0 Å². The van der Waals surface area contributed by atoms with E-state index in [2.05, 4.69) is 6.58 Å². The fraction of sp³-hybridized carbons (Fsp3) is 0.0588. The van der Waals surface area contributed by atoms with E-state index in [0.29, 0.717) is 5.56 Å². The molecule has 0 aromatic heterocycles. The van der Waals surface area contributed by atoms with Gasteiger partial charge in [0.2, 0.25) is 0 Å². The van der Waals surface area contributed by atoms with Crippen LogP contribution in [0.5, 0.6) is 0 Å². The molecule has 2 aromatic carbocycles. The Morgan fingerprint density at radius 2 is 1.57 bits per heavy atom. The molecule has 4 heteroatoms. The van der Waals surface area contributed by atoms with Gasteiger partial charge in [0.25, 0.3) is 0 Å². The van der Waals surface area contributed by atoms with E-state index in [0.717, 1.165) is 17.7 Å². The molecule has 0 amide bonds. The van der Waals surface area contributed by atoms with E-state index in [4.69, 9.17) is 0 Å².